The maximum absolute atomic E-state index is 11.1. The summed E-state index contributed by atoms with van der Waals surface area (Å²) in [6, 6.07) is 0. The molecule has 90 valence electrons. The minimum atomic E-state index is -0.640. The van der Waals surface area contributed by atoms with Crippen LogP contribution in [0.15, 0.2) is 24.8 Å². The van der Waals surface area contributed by atoms with Crippen LogP contribution in [0.5, 0.6) is 0 Å². The summed E-state index contributed by atoms with van der Waals surface area (Å²) < 4.78 is 14.5. The quantitative estimate of drug-likeness (QED) is 0.477. The summed E-state index contributed by atoms with van der Waals surface area (Å²) in [5.74, 6) is -1.12. The normalized spacial score (nSPS) is 11.4. The Labute approximate surface area is 94.7 Å². The first kappa shape index (κ1) is 14.4. The largest absolute Gasteiger partial charge is 0.458 e. The SMILES string of the molecule is C=CC(=O)OC(COC)COC(=O)C(=C)C. The van der Waals surface area contributed by atoms with Gasteiger partial charge in [0, 0.05) is 18.8 Å². The fraction of sp³-hybridized carbons (Fsp3) is 0.455. The molecular formula is C11H16O5. The first-order chi connectivity index (χ1) is 7.51. The third-order valence-electron chi connectivity index (χ3n) is 1.55. The van der Waals surface area contributed by atoms with Crippen molar-refractivity contribution < 1.29 is 23.8 Å². The van der Waals surface area contributed by atoms with E-state index in [9.17, 15) is 9.59 Å². The van der Waals surface area contributed by atoms with Gasteiger partial charge in [-0.3, -0.25) is 0 Å². The zero-order valence-corrected chi connectivity index (χ0v) is 9.52. The molecule has 5 heteroatoms. The lowest BCUT2D eigenvalue weighted by Crippen LogP contribution is -2.28. The van der Waals surface area contributed by atoms with Crippen LogP contribution in [0.2, 0.25) is 0 Å². The van der Waals surface area contributed by atoms with Gasteiger partial charge >= 0.3 is 11.9 Å². The highest BCUT2D eigenvalue weighted by atomic mass is 16.6. The molecule has 0 spiro atoms. The smallest absolute Gasteiger partial charge is 0.333 e. The fourth-order valence-electron chi connectivity index (χ4n) is 0.806. The van der Waals surface area contributed by atoms with Crippen LogP contribution in [-0.4, -0.2) is 38.4 Å². The molecule has 0 fully saturated rings. The van der Waals surface area contributed by atoms with Crippen LogP contribution in [-0.2, 0) is 23.8 Å². The molecule has 0 aliphatic rings. The Morgan fingerprint density at radius 3 is 2.44 bits per heavy atom. The third kappa shape index (κ3) is 5.98. The van der Waals surface area contributed by atoms with Gasteiger partial charge in [0.15, 0.2) is 6.10 Å². The summed E-state index contributed by atoms with van der Waals surface area (Å²) >= 11 is 0. The molecule has 16 heavy (non-hydrogen) atoms. The predicted octanol–water partition coefficient (Wildman–Crippen LogP) is 0.850. The van der Waals surface area contributed by atoms with E-state index >= 15 is 0 Å². The Balaban J connectivity index is 4.12. The number of carbonyl (C=O) groups excluding carboxylic acids is 2. The Hall–Kier alpha value is -1.62. The van der Waals surface area contributed by atoms with Crippen molar-refractivity contribution in [1.29, 1.82) is 0 Å². The fourth-order valence-corrected chi connectivity index (χ4v) is 0.806. The van der Waals surface area contributed by atoms with Crippen LogP contribution >= 0.6 is 0 Å². The average Bonchev–Trinajstić information content (AvgIpc) is 2.25. The highest BCUT2D eigenvalue weighted by Gasteiger charge is 2.15. The Morgan fingerprint density at radius 1 is 1.38 bits per heavy atom. The zero-order valence-electron chi connectivity index (χ0n) is 9.52. The Kier molecular flexibility index (Phi) is 6.87. The van der Waals surface area contributed by atoms with E-state index in [1.165, 1.54) is 14.0 Å². The van der Waals surface area contributed by atoms with E-state index in [0.717, 1.165) is 6.08 Å². The molecule has 1 atom stereocenters. The van der Waals surface area contributed by atoms with E-state index in [2.05, 4.69) is 13.2 Å². The second-order valence-corrected chi connectivity index (χ2v) is 3.10. The van der Waals surface area contributed by atoms with Gasteiger partial charge < -0.3 is 14.2 Å². The molecule has 0 rings (SSSR count). The van der Waals surface area contributed by atoms with Gasteiger partial charge in [0.05, 0.1) is 6.61 Å². The number of methoxy groups -OCH3 is 1. The van der Waals surface area contributed by atoms with Crippen LogP contribution in [0.25, 0.3) is 0 Å². The van der Waals surface area contributed by atoms with E-state index < -0.39 is 18.0 Å². The highest BCUT2D eigenvalue weighted by molar-refractivity contribution is 5.87. The second-order valence-electron chi connectivity index (χ2n) is 3.10. The van der Waals surface area contributed by atoms with Gasteiger partial charge in [-0.25, -0.2) is 9.59 Å². The Morgan fingerprint density at radius 2 is 2.00 bits per heavy atom. The average molecular weight is 228 g/mol. The first-order valence-corrected chi connectivity index (χ1v) is 4.65. The lowest BCUT2D eigenvalue weighted by Gasteiger charge is -2.16. The molecular weight excluding hydrogens is 212 g/mol. The molecule has 0 bridgehead atoms. The van der Waals surface area contributed by atoms with Gasteiger partial charge in [-0.15, -0.1) is 0 Å². The van der Waals surface area contributed by atoms with Gasteiger partial charge in [-0.1, -0.05) is 13.2 Å². The number of hydrogen-bond donors (Lipinski definition) is 0. The van der Waals surface area contributed by atoms with Crippen LogP contribution < -0.4 is 0 Å². The molecule has 0 saturated heterocycles. The number of rotatable bonds is 7. The van der Waals surface area contributed by atoms with Crippen molar-refractivity contribution in [3.05, 3.63) is 24.8 Å². The van der Waals surface area contributed by atoms with Crippen molar-refractivity contribution in [3.8, 4) is 0 Å². The van der Waals surface area contributed by atoms with Crippen molar-refractivity contribution in [1.82, 2.24) is 0 Å². The monoisotopic (exact) mass is 228 g/mol. The topological polar surface area (TPSA) is 61.8 Å². The van der Waals surface area contributed by atoms with Gasteiger partial charge in [-0.2, -0.15) is 0 Å². The summed E-state index contributed by atoms with van der Waals surface area (Å²) in [6.07, 6.45) is 0.391. The molecule has 0 aliphatic heterocycles. The maximum Gasteiger partial charge on any atom is 0.333 e. The van der Waals surface area contributed by atoms with Gasteiger partial charge in [0.2, 0.25) is 0 Å². The minimum Gasteiger partial charge on any atom is -0.458 e. The molecule has 1 unspecified atom stereocenters. The van der Waals surface area contributed by atoms with Gasteiger partial charge in [0.1, 0.15) is 6.61 Å². The molecule has 0 amide bonds. The molecule has 0 aromatic carbocycles. The van der Waals surface area contributed by atoms with Gasteiger partial charge in [-0.05, 0) is 6.92 Å². The number of esters is 2. The van der Waals surface area contributed by atoms with Crippen LogP contribution in [0.4, 0.5) is 0 Å². The van der Waals surface area contributed by atoms with E-state index in [4.69, 9.17) is 14.2 Å². The third-order valence-corrected chi connectivity index (χ3v) is 1.55. The summed E-state index contributed by atoms with van der Waals surface area (Å²) in [7, 11) is 1.45. The molecule has 0 aliphatic carbocycles. The lowest BCUT2D eigenvalue weighted by molar-refractivity contribution is -0.156. The van der Waals surface area contributed by atoms with E-state index in [0.29, 0.717) is 0 Å². The van der Waals surface area contributed by atoms with Crippen molar-refractivity contribution >= 4 is 11.9 Å². The summed E-state index contributed by atoms with van der Waals surface area (Å²) in [6.45, 7) is 8.29. The van der Waals surface area contributed by atoms with E-state index in [1.807, 2.05) is 0 Å². The van der Waals surface area contributed by atoms with E-state index in [1.54, 1.807) is 0 Å². The molecule has 0 radical (unpaired) electrons. The standard InChI is InChI=1S/C11H16O5/c1-5-10(12)16-9(6-14-4)7-15-11(13)8(2)3/h5,9H,1-2,6-7H2,3-4H3. The molecule has 0 saturated carbocycles. The highest BCUT2D eigenvalue weighted by Crippen LogP contribution is 1.99. The summed E-state index contributed by atoms with van der Waals surface area (Å²) in [5, 5.41) is 0. The lowest BCUT2D eigenvalue weighted by atomic mass is 10.3. The van der Waals surface area contributed by atoms with Crippen LogP contribution in [0.3, 0.4) is 0 Å². The van der Waals surface area contributed by atoms with Crippen molar-refractivity contribution in [3.63, 3.8) is 0 Å². The predicted molar refractivity (Wildman–Crippen MR) is 57.7 cm³/mol. The molecule has 0 N–H and O–H groups in total. The minimum absolute atomic E-state index is 0.0703. The van der Waals surface area contributed by atoms with Crippen molar-refractivity contribution in [2.24, 2.45) is 0 Å². The van der Waals surface area contributed by atoms with Gasteiger partial charge in [0.25, 0.3) is 0 Å². The number of ether oxygens (including phenoxy) is 3. The maximum atomic E-state index is 11.1. The molecule has 0 heterocycles. The number of carbonyl (C=O) groups is 2. The first-order valence-electron chi connectivity index (χ1n) is 4.65. The second kappa shape index (κ2) is 7.64. The zero-order chi connectivity index (χ0) is 12.6. The van der Waals surface area contributed by atoms with Crippen molar-refractivity contribution in [2.75, 3.05) is 20.3 Å². The molecule has 0 aromatic rings. The van der Waals surface area contributed by atoms with E-state index in [-0.39, 0.29) is 18.8 Å². The van der Waals surface area contributed by atoms with Crippen LogP contribution in [0, 0.1) is 0 Å². The van der Waals surface area contributed by atoms with Crippen LogP contribution in [0.1, 0.15) is 6.92 Å². The Bertz CT molecular complexity index is 282. The molecule has 0 aromatic heterocycles. The number of hydrogen-bond acceptors (Lipinski definition) is 5. The molecule has 5 nitrogen and oxygen atoms in total. The summed E-state index contributed by atoms with van der Waals surface area (Å²) in [4.78, 5) is 22.0. The summed E-state index contributed by atoms with van der Waals surface area (Å²) in [5.41, 5.74) is 0.284. The van der Waals surface area contributed by atoms with Crippen molar-refractivity contribution in [2.45, 2.75) is 13.0 Å².